The Balaban J connectivity index is 1.54. The number of carbonyl (C=O) groups is 1. The lowest BCUT2D eigenvalue weighted by Crippen LogP contribution is -2.43. The molecule has 0 unspecified atom stereocenters. The third kappa shape index (κ3) is 3.26. The van der Waals surface area contributed by atoms with Crippen molar-refractivity contribution < 1.29 is 9.90 Å². The van der Waals surface area contributed by atoms with Gasteiger partial charge in [0.25, 0.3) is 0 Å². The predicted molar refractivity (Wildman–Crippen MR) is 99.6 cm³/mol. The SMILES string of the molecule is O=Cc1ccc(-c2ccc3c(c2)CCC2(CCN(CO)CC2)C3)cc1. The fraction of sp³-hybridized carbons (Fsp3) is 0.409. The number of rotatable bonds is 3. The van der Waals surface area contributed by atoms with Crippen molar-refractivity contribution in [1.29, 1.82) is 0 Å². The first-order chi connectivity index (χ1) is 12.2. The molecule has 0 saturated carbocycles. The second-order valence-electron chi connectivity index (χ2n) is 7.66. The van der Waals surface area contributed by atoms with Crippen molar-refractivity contribution in [2.24, 2.45) is 5.41 Å². The van der Waals surface area contributed by atoms with E-state index < -0.39 is 0 Å². The minimum Gasteiger partial charge on any atom is -0.381 e. The van der Waals surface area contributed by atoms with Crippen molar-refractivity contribution in [2.75, 3.05) is 19.8 Å². The Morgan fingerprint density at radius 1 is 0.960 bits per heavy atom. The van der Waals surface area contributed by atoms with Crippen LogP contribution in [-0.2, 0) is 12.8 Å². The summed E-state index contributed by atoms with van der Waals surface area (Å²) in [6, 6.07) is 14.7. The number of hydrogen-bond donors (Lipinski definition) is 1. The van der Waals surface area contributed by atoms with Crippen LogP contribution in [0.2, 0.25) is 0 Å². The third-order valence-electron chi connectivity index (χ3n) is 6.19. The number of aliphatic hydroxyl groups excluding tert-OH is 1. The van der Waals surface area contributed by atoms with Gasteiger partial charge in [0, 0.05) is 18.7 Å². The first-order valence-electron chi connectivity index (χ1n) is 9.22. The van der Waals surface area contributed by atoms with Crippen molar-refractivity contribution in [2.45, 2.75) is 32.1 Å². The number of hydrogen-bond acceptors (Lipinski definition) is 3. The number of aryl methyl sites for hydroxylation is 1. The molecule has 3 heteroatoms. The largest absolute Gasteiger partial charge is 0.381 e. The topological polar surface area (TPSA) is 40.5 Å². The summed E-state index contributed by atoms with van der Waals surface area (Å²) in [6.07, 6.45) is 6.86. The van der Waals surface area contributed by atoms with Gasteiger partial charge in [-0.2, -0.15) is 0 Å². The van der Waals surface area contributed by atoms with Crippen LogP contribution >= 0.6 is 0 Å². The number of aliphatic hydroxyl groups is 1. The molecule has 3 nitrogen and oxygen atoms in total. The van der Waals surface area contributed by atoms with Crippen LogP contribution in [0.5, 0.6) is 0 Å². The molecule has 0 aromatic heterocycles. The molecule has 1 aliphatic carbocycles. The number of piperidine rings is 1. The van der Waals surface area contributed by atoms with Gasteiger partial charge in [0.15, 0.2) is 0 Å². The summed E-state index contributed by atoms with van der Waals surface area (Å²) < 4.78 is 0. The average molecular weight is 335 g/mol. The van der Waals surface area contributed by atoms with E-state index in [0.717, 1.165) is 31.4 Å². The fourth-order valence-corrected chi connectivity index (χ4v) is 4.45. The molecule has 2 aromatic carbocycles. The van der Waals surface area contributed by atoms with Crippen molar-refractivity contribution in [3.63, 3.8) is 0 Å². The van der Waals surface area contributed by atoms with E-state index in [1.807, 2.05) is 24.3 Å². The van der Waals surface area contributed by atoms with Gasteiger partial charge in [0.2, 0.25) is 0 Å². The van der Waals surface area contributed by atoms with Gasteiger partial charge in [-0.1, -0.05) is 42.5 Å². The Kier molecular flexibility index (Phi) is 4.45. The number of nitrogens with zero attached hydrogens (tertiary/aromatic N) is 1. The number of likely N-dealkylation sites (tertiary alicyclic amines) is 1. The van der Waals surface area contributed by atoms with Crippen LogP contribution < -0.4 is 0 Å². The van der Waals surface area contributed by atoms with E-state index in [9.17, 15) is 9.90 Å². The van der Waals surface area contributed by atoms with Gasteiger partial charge in [-0.3, -0.25) is 9.69 Å². The summed E-state index contributed by atoms with van der Waals surface area (Å²) in [5, 5.41) is 9.31. The molecular weight excluding hydrogens is 310 g/mol. The van der Waals surface area contributed by atoms with E-state index >= 15 is 0 Å². The molecule has 1 fully saturated rings. The van der Waals surface area contributed by atoms with Crippen LogP contribution in [0.15, 0.2) is 42.5 Å². The van der Waals surface area contributed by atoms with Crippen LogP contribution in [0.4, 0.5) is 0 Å². The normalized spacial score (nSPS) is 19.6. The quantitative estimate of drug-likeness (QED) is 0.870. The lowest BCUT2D eigenvalue weighted by molar-refractivity contribution is 0.0317. The molecule has 2 aliphatic rings. The van der Waals surface area contributed by atoms with Gasteiger partial charge < -0.3 is 5.11 Å². The number of aldehydes is 1. The maximum Gasteiger partial charge on any atom is 0.150 e. The van der Waals surface area contributed by atoms with Crippen LogP contribution in [-0.4, -0.2) is 36.1 Å². The first kappa shape index (κ1) is 16.5. The van der Waals surface area contributed by atoms with Gasteiger partial charge in [-0.05, 0) is 59.8 Å². The second-order valence-corrected chi connectivity index (χ2v) is 7.66. The van der Waals surface area contributed by atoms with E-state index in [1.165, 1.54) is 47.9 Å². The highest BCUT2D eigenvalue weighted by Crippen LogP contribution is 2.44. The number of benzene rings is 2. The highest BCUT2D eigenvalue weighted by molar-refractivity contribution is 5.77. The Morgan fingerprint density at radius 2 is 1.68 bits per heavy atom. The second kappa shape index (κ2) is 6.74. The fourth-order valence-electron chi connectivity index (χ4n) is 4.45. The highest BCUT2D eigenvalue weighted by atomic mass is 16.3. The molecular formula is C22H25NO2. The molecule has 1 N–H and O–H groups in total. The minimum atomic E-state index is 0.193. The zero-order valence-corrected chi connectivity index (χ0v) is 14.6. The third-order valence-corrected chi connectivity index (χ3v) is 6.19. The van der Waals surface area contributed by atoms with E-state index in [2.05, 4.69) is 23.1 Å². The van der Waals surface area contributed by atoms with Crippen LogP contribution in [0.25, 0.3) is 11.1 Å². The summed E-state index contributed by atoms with van der Waals surface area (Å²) >= 11 is 0. The van der Waals surface area contributed by atoms with Gasteiger partial charge in [0.05, 0.1) is 6.73 Å². The number of fused-ring (bicyclic) bond motifs is 1. The summed E-state index contributed by atoms with van der Waals surface area (Å²) in [7, 11) is 0. The molecule has 1 heterocycles. The summed E-state index contributed by atoms with van der Waals surface area (Å²) in [4.78, 5) is 13.0. The Bertz CT molecular complexity index is 758. The zero-order valence-electron chi connectivity index (χ0n) is 14.6. The Morgan fingerprint density at radius 3 is 2.36 bits per heavy atom. The summed E-state index contributed by atoms with van der Waals surface area (Å²) in [6.45, 7) is 2.24. The standard InChI is InChI=1S/C22H25NO2/c24-15-17-1-3-18(4-2-17)19-5-6-21-14-22(8-7-20(21)13-19)9-11-23(16-25)12-10-22/h1-6,13,15,25H,7-12,14,16H2. The van der Waals surface area contributed by atoms with Gasteiger partial charge in [0.1, 0.15) is 6.29 Å². The van der Waals surface area contributed by atoms with Crippen molar-refractivity contribution >= 4 is 6.29 Å². The first-order valence-corrected chi connectivity index (χ1v) is 9.22. The van der Waals surface area contributed by atoms with E-state index in [0.29, 0.717) is 5.41 Å². The summed E-state index contributed by atoms with van der Waals surface area (Å²) in [5.74, 6) is 0. The lowest BCUT2D eigenvalue weighted by atomic mass is 9.66. The molecule has 25 heavy (non-hydrogen) atoms. The van der Waals surface area contributed by atoms with Gasteiger partial charge >= 0.3 is 0 Å². The van der Waals surface area contributed by atoms with Gasteiger partial charge in [-0.15, -0.1) is 0 Å². The molecule has 1 aliphatic heterocycles. The minimum absolute atomic E-state index is 0.193. The molecule has 1 spiro atoms. The maximum atomic E-state index is 10.8. The monoisotopic (exact) mass is 335 g/mol. The van der Waals surface area contributed by atoms with Crippen LogP contribution in [0.3, 0.4) is 0 Å². The maximum absolute atomic E-state index is 10.8. The Hall–Kier alpha value is -1.97. The van der Waals surface area contributed by atoms with E-state index in [1.54, 1.807) is 0 Å². The summed E-state index contributed by atoms with van der Waals surface area (Å²) in [5.41, 5.74) is 6.54. The van der Waals surface area contributed by atoms with Crippen LogP contribution in [0, 0.1) is 5.41 Å². The van der Waals surface area contributed by atoms with Crippen molar-refractivity contribution in [3.05, 3.63) is 59.2 Å². The van der Waals surface area contributed by atoms with Crippen molar-refractivity contribution in [1.82, 2.24) is 4.90 Å². The van der Waals surface area contributed by atoms with E-state index in [4.69, 9.17) is 0 Å². The average Bonchev–Trinajstić information content (AvgIpc) is 2.68. The lowest BCUT2D eigenvalue weighted by Gasteiger charge is -2.44. The van der Waals surface area contributed by atoms with Crippen LogP contribution in [0.1, 0.15) is 40.7 Å². The molecule has 0 atom stereocenters. The highest BCUT2D eigenvalue weighted by Gasteiger charge is 2.37. The van der Waals surface area contributed by atoms with Crippen molar-refractivity contribution in [3.8, 4) is 11.1 Å². The van der Waals surface area contributed by atoms with Gasteiger partial charge in [-0.25, -0.2) is 0 Å². The molecule has 1 saturated heterocycles. The van der Waals surface area contributed by atoms with E-state index in [-0.39, 0.29) is 6.73 Å². The smallest absolute Gasteiger partial charge is 0.150 e. The predicted octanol–water partition coefficient (Wildman–Crippen LogP) is 3.69. The molecule has 0 radical (unpaired) electrons. The molecule has 4 rings (SSSR count). The Labute approximate surface area is 149 Å². The molecule has 0 amide bonds. The zero-order chi connectivity index (χ0) is 17.3. The molecule has 130 valence electrons. The molecule has 0 bridgehead atoms. The number of carbonyl (C=O) groups excluding carboxylic acids is 1. The molecule has 2 aromatic rings.